The van der Waals surface area contributed by atoms with Crippen LogP contribution in [0.4, 0.5) is 0 Å². The highest BCUT2D eigenvalue weighted by atomic mass is 15.1. The lowest BCUT2D eigenvalue weighted by Gasteiger charge is -2.19. The fraction of sp³-hybridized carbons (Fsp3) is 1.00. The van der Waals surface area contributed by atoms with Crippen molar-refractivity contribution in [2.24, 2.45) is 0 Å². The van der Waals surface area contributed by atoms with Crippen molar-refractivity contribution in [1.29, 1.82) is 0 Å². The smallest absolute Gasteiger partial charge is 0.00214 e. The zero-order chi connectivity index (χ0) is 13.5. The number of rotatable bonds is 9. The Labute approximate surface area is 110 Å². The molecular formula is C15H36N2. The summed E-state index contributed by atoms with van der Waals surface area (Å²) in [6, 6.07) is 0. The molecule has 0 aliphatic heterocycles. The fourth-order valence-corrected chi connectivity index (χ4v) is 1.95. The Kier molecular flexibility index (Phi) is 18.0. The van der Waals surface area contributed by atoms with Crippen LogP contribution in [0, 0.1) is 0 Å². The molecule has 0 amide bonds. The van der Waals surface area contributed by atoms with Crippen molar-refractivity contribution < 1.29 is 0 Å². The summed E-state index contributed by atoms with van der Waals surface area (Å²) in [5, 5.41) is 0. The van der Waals surface area contributed by atoms with Gasteiger partial charge in [0.2, 0.25) is 0 Å². The summed E-state index contributed by atoms with van der Waals surface area (Å²) >= 11 is 0. The molecule has 106 valence electrons. The van der Waals surface area contributed by atoms with Gasteiger partial charge < -0.3 is 9.80 Å². The maximum absolute atomic E-state index is 2.54. The Morgan fingerprint density at radius 2 is 0.765 bits per heavy atom. The molecule has 2 nitrogen and oxygen atoms in total. The highest BCUT2D eigenvalue weighted by Crippen LogP contribution is 1.94. The third kappa shape index (κ3) is 13.9. The van der Waals surface area contributed by atoms with Gasteiger partial charge >= 0.3 is 0 Å². The van der Waals surface area contributed by atoms with Crippen molar-refractivity contribution in [2.45, 2.75) is 60.8 Å². The molecule has 2 heteroatoms. The van der Waals surface area contributed by atoms with Crippen molar-refractivity contribution in [2.75, 3.05) is 39.3 Å². The molecule has 0 saturated carbocycles. The van der Waals surface area contributed by atoms with Gasteiger partial charge in [0, 0.05) is 0 Å². The van der Waals surface area contributed by atoms with E-state index in [1.54, 1.807) is 0 Å². The maximum Gasteiger partial charge on any atom is -0.00214 e. The van der Waals surface area contributed by atoms with Crippen LogP contribution in [-0.4, -0.2) is 49.1 Å². The van der Waals surface area contributed by atoms with E-state index >= 15 is 0 Å². The van der Waals surface area contributed by atoms with Crippen molar-refractivity contribution in [3.63, 3.8) is 0 Å². The van der Waals surface area contributed by atoms with E-state index in [-0.39, 0.29) is 0 Å². The van der Waals surface area contributed by atoms with Gasteiger partial charge in [-0.2, -0.15) is 0 Å². The molecule has 0 radical (unpaired) electrons. The van der Waals surface area contributed by atoms with E-state index in [2.05, 4.69) is 51.3 Å². The van der Waals surface area contributed by atoms with Crippen molar-refractivity contribution in [1.82, 2.24) is 9.80 Å². The molecule has 0 aromatic rings. The second-order valence-corrected chi connectivity index (χ2v) is 4.46. The lowest BCUT2D eigenvalue weighted by Crippen LogP contribution is -2.25. The summed E-state index contributed by atoms with van der Waals surface area (Å²) in [6.45, 7) is 20.7. The molecule has 0 aliphatic rings. The van der Waals surface area contributed by atoms with E-state index in [1.165, 1.54) is 58.5 Å². The molecule has 0 heterocycles. The number of hydrogen-bond acceptors (Lipinski definition) is 2. The highest BCUT2D eigenvalue weighted by molar-refractivity contribution is 4.53. The summed E-state index contributed by atoms with van der Waals surface area (Å²) in [7, 11) is 0. The number of hydrogen-bond donors (Lipinski definition) is 0. The first-order valence-corrected chi connectivity index (χ1v) is 7.64. The van der Waals surface area contributed by atoms with E-state index < -0.39 is 0 Å². The molecule has 0 saturated heterocycles. The Bertz CT molecular complexity index is 102. The van der Waals surface area contributed by atoms with E-state index in [1.807, 2.05) is 0 Å². The second-order valence-electron chi connectivity index (χ2n) is 4.46. The lowest BCUT2D eigenvalue weighted by molar-refractivity contribution is 0.275. The van der Waals surface area contributed by atoms with Crippen LogP contribution in [0.25, 0.3) is 0 Å². The van der Waals surface area contributed by atoms with Crippen LogP contribution in [0.1, 0.15) is 60.8 Å². The molecule has 0 N–H and O–H groups in total. The third-order valence-corrected chi connectivity index (χ3v) is 2.96. The van der Waals surface area contributed by atoms with E-state index in [0.29, 0.717) is 0 Å². The standard InChI is InChI=1S/C9H21N.C6H15N/c1-4-7-10(8-5-2)9-6-3;1-4-7(5-2)6-3/h4-9H2,1-3H3;4-6H2,1-3H3. The van der Waals surface area contributed by atoms with Crippen LogP contribution in [0.3, 0.4) is 0 Å². The topological polar surface area (TPSA) is 6.48 Å². The molecule has 0 rings (SSSR count). The number of nitrogens with zero attached hydrogens (tertiary/aromatic N) is 2. The Balaban J connectivity index is 0. The van der Waals surface area contributed by atoms with Gasteiger partial charge in [-0.15, -0.1) is 0 Å². The molecule has 17 heavy (non-hydrogen) atoms. The summed E-state index contributed by atoms with van der Waals surface area (Å²) in [6.07, 6.45) is 3.88. The molecule has 0 unspecified atom stereocenters. The normalized spacial score (nSPS) is 10.6. The van der Waals surface area contributed by atoms with E-state index in [9.17, 15) is 0 Å². The first-order valence-electron chi connectivity index (χ1n) is 7.64. The Morgan fingerprint density at radius 3 is 0.882 bits per heavy atom. The molecule has 0 aliphatic carbocycles. The van der Waals surface area contributed by atoms with Gasteiger partial charge in [-0.1, -0.05) is 41.5 Å². The maximum atomic E-state index is 2.54. The van der Waals surface area contributed by atoms with Crippen LogP contribution in [0.2, 0.25) is 0 Å². The van der Waals surface area contributed by atoms with Gasteiger partial charge in [0.25, 0.3) is 0 Å². The monoisotopic (exact) mass is 244 g/mol. The SMILES string of the molecule is CCCN(CCC)CCC.CCN(CC)CC. The minimum Gasteiger partial charge on any atom is -0.304 e. The quantitative estimate of drug-likeness (QED) is 0.607. The van der Waals surface area contributed by atoms with E-state index in [0.717, 1.165) is 0 Å². The predicted octanol–water partition coefficient (Wildman–Crippen LogP) is 3.87. The van der Waals surface area contributed by atoms with Gasteiger partial charge in [-0.05, 0) is 58.5 Å². The minimum atomic E-state index is 1.19. The van der Waals surface area contributed by atoms with Crippen LogP contribution in [-0.2, 0) is 0 Å². The molecule has 0 spiro atoms. The van der Waals surface area contributed by atoms with Crippen molar-refractivity contribution >= 4 is 0 Å². The summed E-state index contributed by atoms with van der Waals surface area (Å²) < 4.78 is 0. The molecule has 0 aromatic heterocycles. The Hall–Kier alpha value is -0.0800. The Morgan fingerprint density at radius 1 is 0.471 bits per heavy atom. The summed E-state index contributed by atoms with van der Waals surface area (Å²) in [5.74, 6) is 0. The molecule has 0 bridgehead atoms. The van der Waals surface area contributed by atoms with Crippen LogP contribution in [0.15, 0.2) is 0 Å². The first kappa shape index (κ1) is 19.3. The average Bonchev–Trinajstić information content (AvgIpc) is 2.33. The molecule has 0 atom stereocenters. The molecule has 0 aromatic carbocycles. The van der Waals surface area contributed by atoms with Gasteiger partial charge in [0.1, 0.15) is 0 Å². The van der Waals surface area contributed by atoms with Crippen molar-refractivity contribution in [3.8, 4) is 0 Å². The highest BCUT2D eigenvalue weighted by Gasteiger charge is 1.98. The second kappa shape index (κ2) is 15.9. The third-order valence-electron chi connectivity index (χ3n) is 2.96. The van der Waals surface area contributed by atoms with Gasteiger partial charge in [0.15, 0.2) is 0 Å². The summed E-state index contributed by atoms with van der Waals surface area (Å²) in [4.78, 5) is 4.92. The minimum absolute atomic E-state index is 1.19. The predicted molar refractivity (Wildman–Crippen MR) is 80.8 cm³/mol. The molecule has 0 fully saturated rings. The zero-order valence-corrected chi connectivity index (χ0v) is 13.3. The van der Waals surface area contributed by atoms with Crippen LogP contribution < -0.4 is 0 Å². The van der Waals surface area contributed by atoms with Gasteiger partial charge in [-0.25, -0.2) is 0 Å². The largest absolute Gasteiger partial charge is 0.304 e. The first-order chi connectivity index (χ1) is 8.19. The molecular weight excluding hydrogens is 208 g/mol. The fourth-order valence-electron chi connectivity index (χ4n) is 1.95. The van der Waals surface area contributed by atoms with Crippen molar-refractivity contribution in [3.05, 3.63) is 0 Å². The van der Waals surface area contributed by atoms with E-state index in [4.69, 9.17) is 0 Å². The van der Waals surface area contributed by atoms with Gasteiger partial charge in [-0.3, -0.25) is 0 Å². The zero-order valence-electron chi connectivity index (χ0n) is 13.3. The van der Waals surface area contributed by atoms with Crippen LogP contribution in [0.5, 0.6) is 0 Å². The average molecular weight is 244 g/mol. The van der Waals surface area contributed by atoms with Gasteiger partial charge in [0.05, 0.1) is 0 Å². The lowest BCUT2D eigenvalue weighted by atomic mass is 10.3. The summed E-state index contributed by atoms with van der Waals surface area (Å²) in [5.41, 5.74) is 0. The van der Waals surface area contributed by atoms with Crippen LogP contribution >= 0.6 is 0 Å².